The highest BCUT2D eigenvalue weighted by molar-refractivity contribution is 5.79. The number of carbonyl (C=O) groups excluding carboxylic acids is 1. The molecule has 2 aliphatic rings. The highest BCUT2D eigenvalue weighted by Crippen LogP contribution is 2.34. The van der Waals surface area contributed by atoms with Crippen LogP contribution >= 0.6 is 0 Å². The summed E-state index contributed by atoms with van der Waals surface area (Å²) in [5.41, 5.74) is 0. The van der Waals surface area contributed by atoms with Gasteiger partial charge in [0.1, 0.15) is 0 Å². The SMILES string of the molecule is O=C(C1CCNCC1)N1CCC(C(F)(F)F)C1. The van der Waals surface area contributed by atoms with E-state index in [-0.39, 0.29) is 31.3 Å². The lowest BCUT2D eigenvalue weighted by Crippen LogP contribution is -2.40. The number of nitrogens with zero attached hydrogens (tertiary/aromatic N) is 1. The molecule has 1 N–H and O–H groups in total. The molecule has 0 bridgehead atoms. The van der Waals surface area contributed by atoms with Gasteiger partial charge in [0, 0.05) is 19.0 Å². The molecule has 1 amide bonds. The molecule has 2 aliphatic heterocycles. The van der Waals surface area contributed by atoms with Gasteiger partial charge in [0.15, 0.2) is 0 Å². The van der Waals surface area contributed by atoms with Gasteiger partial charge in [-0.1, -0.05) is 0 Å². The third-order valence-corrected chi connectivity index (χ3v) is 3.65. The van der Waals surface area contributed by atoms with Crippen molar-refractivity contribution in [3.8, 4) is 0 Å². The van der Waals surface area contributed by atoms with Crippen LogP contribution in [0.25, 0.3) is 0 Å². The average molecular weight is 250 g/mol. The second kappa shape index (κ2) is 4.84. The summed E-state index contributed by atoms with van der Waals surface area (Å²) >= 11 is 0. The van der Waals surface area contributed by atoms with Crippen molar-refractivity contribution in [2.45, 2.75) is 25.4 Å². The van der Waals surface area contributed by atoms with Crippen LogP contribution in [0.1, 0.15) is 19.3 Å². The van der Waals surface area contributed by atoms with E-state index in [0.717, 1.165) is 25.9 Å². The molecule has 2 heterocycles. The third kappa shape index (κ3) is 2.91. The van der Waals surface area contributed by atoms with E-state index >= 15 is 0 Å². The van der Waals surface area contributed by atoms with Crippen LogP contribution in [0.3, 0.4) is 0 Å². The largest absolute Gasteiger partial charge is 0.393 e. The monoisotopic (exact) mass is 250 g/mol. The van der Waals surface area contributed by atoms with Crippen molar-refractivity contribution in [3.63, 3.8) is 0 Å². The number of halogens is 3. The van der Waals surface area contributed by atoms with Crippen LogP contribution in [0.5, 0.6) is 0 Å². The van der Waals surface area contributed by atoms with Crippen LogP contribution in [0.2, 0.25) is 0 Å². The van der Waals surface area contributed by atoms with Crippen LogP contribution in [0.15, 0.2) is 0 Å². The van der Waals surface area contributed by atoms with Crippen molar-refractivity contribution >= 4 is 5.91 Å². The fourth-order valence-corrected chi connectivity index (χ4v) is 2.55. The minimum absolute atomic E-state index is 0.0558. The zero-order valence-corrected chi connectivity index (χ0v) is 9.59. The molecule has 17 heavy (non-hydrogen) atoms. The Balaban J connectivity index is 1.89. The van der Waals surface area contributed by atoms with Crippen LogP contribution in [0.4, 0.5) is 13.2 Å². The standard InChI is InChI=1S/C11H17F3N2O/c12-11(13,14)9-3-6-16(7-9)10(17)8-1-4-15-5-2-8/h8-9,15H,1-7H2. The van der Waals surface area contributed by atoms with Gasteiger partial charge in [0.05, 0.1) is 5.92 Å². The summed E-state index contributed by atoms with van der Waals surface area (Å²) in [7, 11) is 0. The molecular formula is C11H17F3N2O. The number of hydrogen-bond donors (Lipinski definition) is 1. The predicted molar refractivity (Wildman–Crippen MR) is 56.3 cm³/mol. The molecule has 1 atom stereocenters. The zero-order valence-electron chi connectivity index (χ0n) is 9.59. The Morgan fingerprint density at radius 2 is 1.82 bits per heavy atom. The molecule has 0 radical (unpaired) electrons. The minimum atomic E-state index is -4.16. The number of carbonyl (C=O) groups is 1. The van der Waals surface area contributed by atoms with Gasteiger partial charge in [-0.25, -0.2) is 0 Å². The van der Waals surface area contributed by atoms with Crippen molar-refractivity contribution in [2.24, 2.45) is 11.8 Å². The van der Waals surface area contributed by atoms with Crippen molar-refractivity contribution in [1.29, 1.82) is 0 Å². The van der Waals surface area contributed by atoms with Crippen LogP contribution in [0, 0.1) is 11.8 Å². The van der Waals surface area contributed by atoms with E-state index < -0.39 is 12.1 Å². The first kappa shape index (κ1) is 12.7. The lowest BCUT2D eigenvalue weighted by molar-refractivity contribution is -0.171. The average Bonchev–Trinajstić information content (AvgIpc) is 2.78. The first-order chi connectivity index (χ1) is 7.98. The molecule has 0 spiro atoms. The minimum Gasteiger partial charge on any atom is -0.342 e. The fraction of sp³-hybridized carbons (Fsp3) is 0.909. The van der Waals surface area contributed by atoms with Crippen molar-refractivity contribution in [1.82, 2.24) is 10.2 Å². The summed E-state index contributed by atoms with van der Waals surface area (Å²) in [5.74, 6) is -1.49. The predicted octanol–water partition coefficient (Wildman–Crippen LogP) is 1.40. The smallest absolute Gasteiger partial charge is 0.342 e. The summed E-state index contributed by atoms with van der Waals surface area (Å²) in [5, 5.41) is 3.14. The Morgan fingerprint density at radius 1 is 1.18 bits per heavy atom. The molecule has 98 valence electrons. The van der Waals surface area contributed by atoms with Crippen molar-refractivity contribution in [3.05, 3.63) is 0 Å². The van der Waals surface area contributed by atoms with E-state index in [4.69, 9.17) is 0 Å². The summed E-state index contributed by atoms with van der Waals surface area (Å²) in [6, 6.07) is 0. The van der Waals surface area contributed by atoms with Gasteiger partial charge in [-0.3, -0.25) is 4.79 Å². The molecule has 6 heteroatoms. The number of alkyl halides is 3. The van der Waals surface area contributed by atoms with Gasteiger partial charge in [-0.2, -0.15) is 13.2 Å². The first-order valence-electron chi connectivity index (χ1n) is 6.04. The van der Waals surface area contributed by atoms with Crippen molar-refractivity contribution in [2.75, 3.05) is 26.2 Å². The quantitative estimate of drug-likeness (QED) is 0.763. The molecule has 0 aromatic rings. The van der Waals surface area contributed by atoms with Crippen LogP contribution in [-0.4, -0.2) is 43.2 Å². The van der Waals surface area contributed by atoms with E-state index in [2.05, 4.69) is 5.32 Å². The molecule has 2 fully saturated rings. The van der Waals surface area contributed by atoms with Gasteiger partial charge < -0.3 is 10.2 Å². The van der Waals surface area contributed by atoms with Gasteiger partial charge >= 0.3 is 6.18 Å². The number of likely N-dealkylation sites (tertiary alicyclic amines) is 1. The van der Waals surface area contributed by atoms with Gasteiger partial charge in [-0.05, 0) is 32.4 Å². The lowest BCUT2D eigenvalue weighted by atomic mass is 9.97. The van der Waals surface area contributed by atoms with Gasteiger partial charge in [0.2, 0.25) is 5.91 Å². The molecule has 1 unspecified atom stereocenters. The second-order valence-corrected chi connectivity index (χ2v) is 4.84. The van der Waals surface area contributed by atoms with Gasteiger partial charge in [0.25, 0.3) is 0 Å². The first-order valence-corrected chi connectivity index (χ1v) is 6.04. The summed E-state index contributed by atoms with van der Waals surface area (Å²) in [6.45, 7) is 1.68. The normalized spacial score (nSPS) is 27.5. The number of hydrogen-bond acceptors (Lipinski definition) is 2. The molecule has 0 aromatic carbocycles. The molecule has 3 nitrogen and oxygen atoms in total. The maximum Gasteiger partial charge on any atom is 0.393 e. The van der Waals surface area contributed by atoms with Crippen LogP contribution < -0.4 is 5.32 Å². The van der Waals surface area contributed by atoms with Crippen LogP contribution in [-0.2, 0) is 4.79 Å². The second-order valence-electron chi connectivity index (χ2n) is 4.84. The van der Waals surface area contributed by atoms with E-state index in [1.54, 1.807) is 0 Å². The maximum absolute atomic E-state index is 12.5. The van der Waals surface area contributed by atoms with E-state index in [0.29, 0.717) is 0 Å². The zero-order chi connectivity index (χ0) is 12.5. The topological polar surface area (TPSA) is 32.3 Å². The highest BCUT2D eigenvalue weighted by atomic mass is 19.4. The lowest BCUT2D eigenvalue weighted by Gasteiger charge is -2.27. The molecule has 2 rings (SSSR count). The van der Waals surface area contributed by atoms with E-state index in [9.17, 15) is 18.0 Å². The van der Waals surface area contributed by atoms with Gasteiger partial charge in [-0.15, -0.1) is 0 Å². The molecule has 2 saturated heterocycles. The Hall–Kier alpha value is -0.780. The van der Waals surface area contributed by atoms with E-state index in [1.165, 1.54) is 4.90 Å². The summed E-state index contributed by atoms with van der Waals surface area (Å²) < 4.78 is 37.5. The molecule has 0 aliphatic carbocycles. The number of amides is 1. The Kier molecular flexibility index (Phi) is 3.61. The Morgan fingerprint density at radius 3 is 2.35 bits per heavy atom. The maximum atomic E-state index is 12.5. The highest BCUT2D eigenvalue weighted by Gasteiger charge is 2.45. The Bertz CT molecular complexity index is 287. The van der Waals surface area contributed by atoms with E-state index in [1.807, 2.05) is 0 Å². The van der Waals surface area contributed by atoms with Crippen molar-refractivity contribution < 1.29 is 18.0 Å². The summed E-state index contributed by atoms with van der Waals surface area (Å²) in [6.07, 6.45) is -2.62. The molecular weight excluding hydrogens is 233 g/mol. The Labute approximate surface area is 98.3 Å². The number of rotatable bonds is 1. The fourth-order valence-electron chi connectivity index (χ4n) is 2.55. The molecule has 0 aromatic heterocycles. The molecule has 0 saturated carbocycles. The third-order valence-electron chi connectivity index (χ3n) is 3.65. The summed E-state index contributed by atoms with van der Waals surface area (Å²) in [4.78, 5) is 13.4. The number of piperidine rings is 1. The number of nitrogens with one attached hydrogen (secondary N) is 1.